The molecule has 1 aliphatic heterocycles. The molecule has 1 aromatic carbocycles. The van der Waals surface area contributed by atoms with Gasteiger partial charge >= 0.3 is 6.09 Å². The van der Waals surface area contributed by atoms with Crippen molar-refractivity contribution in [1.82, 2.24) is 10.2 Å². The van der Waals surface area contributed by atoms with E-state index in [2.05, 4.69) is 10.2 Å². The number of hydrogen-bond acceptors (Lipinski definition) is 5. The quantitative estimate of drug-likeness (QED) is 0.662. The predicted octanol–water partition coefficient (Wildman–Crippen LogP) is 3.64. The maximum absolute atomic E-state index is 11.9. The molecule has 0 saturated carbocycles. The molecule has 138 valence electrons. The number of nitro groups is 1. The average molecular weight is 349 g/mol. The maximum Gasteiger partial charge on any atom is 0.407 e. The summed E-state index contributed by atoms with van der Waals surface area (Å²) in [5, 5.41) is 14.1. The molecule has 0 aliphatic carbocycles. The van der Waals surface area contributed by atoms with E-state index >= 15 is 0 Å². The van der Waals surface area contributed by atoms with E-state index in [9.17, 15) is 14.9 Å². The van der Waals surface area contributed by atoms with Gasteiger partial charge in [0.25, 0.3) is 5.69 Å². The van der Waals surface area contributed by atoms with Crippen LogP contribution in [0.3, 0.4) is 0 Å². The first-order chi connectivity index (χ1) is 11.7. The first-order valence-corrected chi connectivity index (χ1v) is 8.64. The number of benzene rings is 1. The van der Waals surface area contributed by atoms with Crippen LogP contribution in [0.1, 0.15) is 52.1 Å². The summed E-state index contributed by atoms with van der Waals surface area (Å²) in [7, 11) is 0. The summed E-state index contributed by atoms with van der Waals surface area (Å²) in [4.78, 5) is 25.0. The second-order valence-electron chi connectivity index (χ2n) is 7.45. The Labute approximate surface area is 148 Å². The first kappa shape index (κ1) is 19.2. The highest BCUT2D eigenvalue weighted by atomic mass is 16.6. The highest BCUT2D eigenvalue weighted by molar-refractivity contribution is 5.68. The molecular formula is C18H27N3O4. The summed E-state index contributed by atoms with van der Waals surface area (Å²) in [6, 6.07) is 6.91. The number of alkyl carbamates (subject to hydrolysis) is 1. The third-order valence-electron chi connectivity index (χ3n) is 4.38. The van der Waals surface area contributed by atoms with Gasteiger partial charge in [-0.3, -0.25) is 15.0 Å². The molecule has 1 N–H and O–H groups in total. The summed E-state index contributed by atoms with van der Waals surface area (Å²) in [6.45, 7) is 9.04. The van der Waals surface area contributed by atoms with E-state index in [0.29, 0.717) is 0 Å². The second kappa shape index (κ2) is 7.82. The van der Waals surface area contributed by atoms with Gasteiger partial charge in [0, 0.05) is 36.8 Å². The van der Waals surface area contributed by atoms with Crippen LogP contribution in [0.5, 0.6) is 0 Å². The number of nitrogens with zero attached hydrogens (tertiary/aromatic N) is 2. The van der Waals surface area contributed by atoms with E-state index < -0.39 is 11.7 Å². The first-order valence-electron chi connectivity index (χ1n) is 8.64. The van der Waals surface area contributed by atoms with Crippen molar-refractivity contribution in [2.75, 3.05) is 13.1 Å². The minimum absolute atomic E-state index is 0.0379. The van der Waals surface area contributed by atoms with Crippen LogP contribution < -0.4 is 5.32 Å². The van der Waals surface area contributed by atoms with Gasteiger partial charge in [0.2, 0.25) is 0 Å². The Morgan fingerprint density at radius 3 is 2.48 bits per heavy atom. The zero-order chi connectivity index (χ0) is 18.6. The maximum atomic E-state index is 11.9. The van der Waals surface area contributed by atoms with Crippen LogP contribution in [0.15, 0.2) is 24.3 Å². The third-order valence-corrected chi connectivity index (χ3v) is 4.38. The standard InChI is InChI=1S/C18H27N3O4/c1-13(15-7-5-6-8-16(15)21(23)24)20-11-9-14(10-12-20)19-17(22)25-18(2,3)4/h5-8,13-14H,9-12H2,1-4H3,(H,19,22). The van der Waals surface area contributed by atoms with Gasteiger partial charge in [0.05, 0.1) is 4.92 Å². The average Bonchev–Trinajstić information content (AvgIpc) is 2.53. The van der Waals surface area contributed by atoms with Crippen molar-refractivity contribution >= 4 is 11.8 Å². The lowest BCUT2D eigenvalue weighted by atomic mass is 9.99. The normalized spacial score (nSPS) is 17.8. The van der Waals surface area contributed by atoms with Gasteiger partial charge in [-0.15, -0.1) is 0 Å². The van der Waals surface area contributed by atoms with Crippen LogP contribution in [0.4, 0.5) is 10.5 Å². The number of rotatable bonds is 4. The Bertz CT molecular complexity index is 619. The molecule has 7 nitrogen and oxygen atoms in total. The highest BCUT2D eigenvalue weighted by Gasteiger charge is 2.28. The minimum Gasteiger partial charge on any atom is -0.444 e. The van der Waals surface area contributed by atoms with E-state index in [4.69, 9.17) is 4.74 Å². The van der Waals surface area contributed by atoms with Crippen molar-refractivity contribution in [3.63, 3.8) is 0 Å². The van der Waals surface area contributed by atoms with Gasteiger partial charge in [0.1, 0.15) is 5.60 Å². The number of carbonyl (C=O) groups is 1. The van der Waals surface area contributed by atoms with E-state index in [1.165, 1.54) is 0 Å². The SMILES string of the molecule is CC(c1ccccc1[N+](=O)[O-])N1CCC(NC(=O)OC(C)(C)C)CC1. The number of ether oxygens (including phenoxy) is 1. The lowest BCUT2D eigenvalue weighted by Gasteiger charge is -2.36. The second-order valence-corrected chi connectivity index (χ2v) is 7.45. The highest BCUT2D eigenvalue weighted by Crippen LogP contribution is 2.30. The summed E-state index contributed by atoms with van der Waals surface area (Å²) in [5.41, 5.74) is 0.376. The fourth-order valence-electron chi connectivity index (χ4n) is 3.11. The van der Waals surface area contributed by atoms with E-state index in [1.54, 1.807) is 12.1 Å². The topological polar surface area (TPSA) is 84.7 Å². The fourth-order valence-corrected chi connectivity index (χ4v) is 3.11. The molecule has 1 amide bonds. The number of hydrogen-bond donors (Lipinski definition) is 1. The zero-order valence-corrected chi connectivity index (χ0v) is 15.3. The molecule has 1 atom stereocenters. The molecule has 1 fully saturated rings. The summed E-state index contributed by atoms with van der Waals surface area (Å²) < 4.78 is 5.29. The van der Waals surface area contributed by atoms with Crippen LogP contribution >= 0.6 is 0 Å². The molecular weight excluding hydrogens is 322 g/mol. The van der Waals surface area contributed by atoms with E-state index in [-0.39, 0.29) is 22.7 Å². The molecule has 1 heterocycles. The Morgan fingerprint density at radius 1 is 1.32 bits per heavy atom. The van der Waals surface area contributed by atoms with Crippen LogP contribution in [-0.2, 0) is 4.74 Å². The van der Waals surface area contributed by atoms with Crippen molar-refractivity contribution < 1.29 is 14.5 Å². The molecule has 0 aromatic heterocycles. The summed E-state index contributed by atoms with van der Waals surface area (Å²) in [5.74, 6) is 0. The van der Waals surface area contributed by atoms with E-state index in [1.807, 2.05) is 39.8 Å². The Balaban J connectivity index is 1.92. The molecule has 1 aliphatic rings. The number of piperidine rings is 1. The number of carbonyl (C=O) groups excluding carboxylic acids is 1. The van der Waals surface area contributed by atoms with Gasteiger partial charge < -0.3 is 10.1 Å². The molecule has 1 saturated heterocycles. The molecule has 1 aromatic rings. The smallest absolute Gasteiger partial charge is 0.407 e. The Hall–Kier alpha value is -2.15. The monoisotopic (exact) mass is 349 g/mol. The predicted molar refractivity (Wildman–Crippen MR) is 95.5 cm³/mol. The van der Waals surface area contributed by atoms with Crippen LogP contribution in [0, 0.1) is 10.1 Å². The number of amides is 1. The number of nitro benzene ring substituents is 1. The van der Waals surface area contributed by atoms with E-state index in [0.717, 1.165) is 31.5 Å². The molecule has 7 heteroatoms. The lowest BCUT2D eigenvalue weighted by molar-refractivity contribution is -0.386. The Kier molecular flexibility index (Phi) is 6.00. The van der Waals surface area contributed by atoms with Gasteiger partial charge in [0.15, 0.2) is 0 Å². The molecule has 25 heavy (non-hydrogen) atoms. The number of para-hydroxylation sites is 1. The van der Waals surface area contributed by atoms with Crippen LogP contribution in [-0.4, -0.2) is 40.6 Å². The van der Waals surface area contributed by atoms with Crippen LogP contribution in [0.25, 0.3) is 0 Å². The number of nitrogens with one attached hydrogen (secondary N) is 1. The van der Waals surface area contributed by atoms with Crippen LogP contribution in [0.2, 0.25) is 0 Å². The van der Waals surface area contributed by atoms with Crippen molar-refractivity contribution in [2.45, 2.75) is 58.2 Å². The summed E-state index contributed by atoms with van der Waals surface area (Å²) >= 11 is 0. The largest absolute Gasteiger partial charge is 0.444 e. The lowest BCUT2D eigenvalue weighted by Crippen LogP contribution is -2.46. The molecule has 1 unspecified atom stereocenters. The third kappa shape index (κ3) is 5.42. The molecule has 0 radical (unpaired) electrons. The van der Waals surface area contributed by atoms with Gasteiger partial charge in [-0.1, -0.05) is 18.2 Å². The summed E-state index contributed by atoms with van der Waals surface area (Å²) in [6.07, 6.45) is 1.20. The Morgan fingerprint density at radius 2 is 1.92 bits per heavy atom. The van der Waals surface area contributed by atoms with Gasteiger partial charge in [-0.25, -0.2) is 4.79 Å². The molecule has 2 rings (SSSR count). The van der Waals surface area contributed by atoms with Gasteiger partial charge in [-0.05, 0) is 40.5 Å². The zero-order valence-electron chi connectivity index (χ0n) is 15.3. The van der Waals surface area contributed by atoms with Crippen molar-refractivity contribution in [3.8, 4) is 0 Å². The van der Waals surface area contributed by atoms with Gasteiger partial charge in [-0.2, -0.15) is 0 Å². The molecule has 0 bridgehead atoms. The van der Waals surface area contributed by atoms with Crippen molar-refractivity contribution in [2.24, 2.45) is 0 Å². The fraction of sp³-hybridized carbons (Fsp3) is 0.611. The minimum atomic E-state index is -0.508. The van der Waals surface area contributed by atoms with Crippen molar-refractivity contribution in [3.05, 3.63) is 39.9 Å². The number of likely N-dealkylation sites (tertiary alicyclic amines) is 1. The van der Waals surface area contributed by atoms with Crippen molar-refractivity contribution in [1.29, 1.82) is 0 Å². The molecule has 0 spiro atoms.